The lowest BCUT2D eigenvalue weighted by Crippen LogP contribution is -2.53. The zero-order chi connectivity index (χ0) is 41.5. The van der Waals surface area contributed by atoms with Gasteiger partial charge in [-0.25, -0.2) is 0 Å². The Bertz CT molecular complexity index is 2300. The van der Waals surface area contributed by atoms with Crippen molar-refractivity contribution in [1.82, 2.24) is 19.4 Å². The fourth-order valence-electron chi connectivity index (χ4n) is 8.92. The number of ether oxygens (including phenoxy) is 2. The summed E-state index contributed by atoms with van der Waals surface area (Å²) in [6.07, 6.45) is 20.4. The molecule has 4 heterocycles. The van der Waals surface area contributed by atoms with Crippen LogP contribution in [0.15, 0.2) is 89.9 Å². The maximum Gasteiger partial charge on any atom is 0.166 e. The summed E-state index contributed by atoms with van der Waals surface area (Å²) in [5.41, 5.74) is 10.7. The van der Waals surface area contributed by atoms with Gasteiger partial charge >= 0.3 is 0 Å². The Morgan fingerprint density at radius 3 is 2.47 bits per heavy atom. The first kappa shape index (κ1) is 42.2. The SMILES string of the molecule is C\C=C(/C=C(C#N)\C(=C\CC)N1CC(OC2CCN(CCCCCOc3ccc(C(=O)C(C)C)c(C(C)=C4CCC4)c3)CC2)C1)c1ccc2c3cnccc3n(C)c2c1. The highest BCUT2D eigenvalue weighted by Crippen LogP contribution is 2.37. The number of nitriles is 1. The van der Waals surface area contributed by atoms with Crippen molar-refractivity contribution in [2.75, 3.05) is 39.3 Å². The standard InChI is InChI=1S/C51H63N5O3/c1-7-13-48(40(31-52)28-37(8-2)39-16-18-44-47-32-53-23-20-49(47)54(6)50(44)29-39)56-33-43(34-56)59-41-21-25-55(26-22-41)24-10-9-11-27-58-42-17-19-45(51(57)35(3)4)46(30-42)36(5)38-14-12-15-38/h8,13,16-20,23,28-30,32,35,41,43H,7,9-12,14-15,21-22,24-27,33-34H2,1-6H3/b37-8+,40-28-,48-13-. The largest absolute Gasteiger partial charge is 0.494 e. The van der Waals surface area contributed by atoms with E-state index in [2.05, 4.69) is 88.8 Å². The molecule has 7 rings (SSSR count). The Morgan fingerprint density at radius 2 is 1.78 bits per heavy atom. The summed E-state index contributed by atoms with van der Waals surface area (Å²) in [5.74, 6) is 1.04. The number of hydrogen-bond donors (Lipinski definition) is 0. The monoisotopic (exact) mass is 793 g/mol. The van der Waals surface area contributed by atoms with Crippen molar-refractivity contribution in [3.63, 3.8) is 0 Å². The van der Waals surface area contributed by atoms with E-state index in [0.29, 0.717) is 18.3 Å². The summed E-state index contributed by atoms with van der Waals surface area (Å²) in [5, 5.41) is 12.7. The third-order valence-corrected chi connectivity index (χ3v) is 12.7. The number of pyridine rings is 1. The van der Waals surface area contributed by atoms with Crippen LogP contribution in [0, 0.1) is 17.2 Å². The van der Waals surface area contributed by atoms with Crippen LogP contribution < -0.4 is 4.74 Å². The number of piperidine rings is 1. The minimum absolute atomic E-state index is 0.0250. The number of carbonyl (C=O) groups excluding carboxylic acids is 1. The number of benzene rings is 2. The van der Waals surface area contributed by atoms with Crippen LogP contribution >= 0.6 is 0 Å². The van der Waals surface area contributed by atoms with Crippen molar-refractivity contribution in [2.24, 2.45) is 13.0 Å². The molecule has 1 saturated carbocycles. The van der Waals surface area contributed by atoms with Gasteiger partial charge in [-0.15, -0.1) is 0 Å². The van der Waals surface area contributed by atoms with Crippen LogP contribution in [0.5, 0.6) is 5.75 Å². The van der Waals surface area contributed by atoms with Crippen LogP contribution in [0.3, 0.4) is 0 Å². The number of ketones is 1. The van der Waals surface area contributed by atoms with Crippen LogP contribution in [0.1, 0.15) is 114 Å². The fourth-order valence-corrected chi connectivity index (χ4v) is 8.92. The van der Waals surface area contributed by atoms with Crippen molar-refractivity contribution in [1.29, 1.82) is 5.26 Å². The molecule has 2 saturated heterocycles. The van der Waals surface area contributed by atoms with Gasteiger partial charge < -0.3 is 23.8 Å². The molecule has 0 N–H and O–H groups in total. The van der Waals surface area contributed by atoms with E-state index in [9.17, 15) is 10.1 Å². The molecule has 8 nitrogen and oxygen atoms in total. The topological polar surface area (TPSA) is 83.6 Å². The van der Waals surface area contributed by atoms with Crippen LogP contribution in [0.4, 0.5) is 0 Å². The van der Waals surface area contributed by atoms with Gasteiger partial charge in [0.15, 0.2) is 5.78 Å². The molecule has 2 aromatic heterocycles. The first-order valence-electron chi connectivity index (χ1n) is 22.1. The zero-order valence-corrected chi connectivity index (χ0v) is 36.2. The molecule has 8 heteroatoms. The highest BCUT2D eigenvalue weighted by Gasteiger charge is 2.33. The van der Waals surface area contributed by atoms with Gasteiger partial charge in [-0.3, -0.25) is 9.78 Å². The summed E-state index contributed by atoms with van der Waals surface area (Å²) in [7, 11) is 2.10. The average Bonchev–Trinajstić information content (AvgIpc) is 3.50. The van der Waals surface area contributed by atoms with E-state index in [0.717, 1.165) is 134 Å². The molecule has 0 spiro atoms. The van der Waals surface area contributed by atoms with Gasteiger partial charge in [0.2, 0.25) is 0 Å². The lowest BCUT2D eigenvalue weighted by atomic mass is 9.83. The highest BCUT2D eigenvalue weighted by molar-refractivity contribution is 6.08. The number of unbranched alkanes of at least 4 members (excludes halogenated alkanes) is 2. The molecule has 2 aromatic carbocycles. The normalized spacial score (nSPS) is 17.4. The first-order valence-corrected chi connectivity index (χ1v) is 22.1. The van der Waals surface area contributed by atoms with Crippen molar-refractivity contribution in [3.8, 4) is 11.8 Å². The minimum atomic E-state index is -0.0250. The van der Waals surface area contributed by atoms with E-state index in [1.807, 2.05) is 51.4 Å². The van der Waals surface area contributed by atoms with Gasteiger partial charge in [-0.2, -0.15) is 5.26 Å². The van der Waals surface area contributed by atoms with Crippen molar-refractivity contribution >= 4 is 38.7 Å². The van der Waals surface area contributed by atoms with E-state index >= 15 is 0 Å². The number of nitrogens with zero attached hydrogens (tertiary/aromatic N) is 5. The lowest BCUT2D eigenvalue weighted by molar-refractivity contribution is -0.0969. The van der Waals surface area contributed by atoms with Crippen molar-refractivity contribution < 1.29 is 14.3 Å². The molecule has 4 aromatic rings. The molecule has 3 aliphatic rings. The van der Waals surface area contributed by atoms with Gasteiger partial charge in [-0.05, 0) is 137 Å². The van der Waals surface area contributed by atoms with E-state index in [1.54, 1.807) is 0 Å². The number of Topliss-reactive ketones (excluding diaryl/α,β-unsaturated/α-hetero) is 1. The Morgan fingerprint density at radius 1 is 0.983 bits per heavy atom. The number of allylic oxidation sites excluding steroid dienone is 7. The van der Waals surface area contributed by atoms with Crippen LogP contribution in [-0.4, -0.2) is 76.7 Å². The van der Waals surface area contributed by atoms with Gasteiger partial charge in [-0.1, -0.05) is 50.6 Å². The maximum absolute atomic E-state index is 13.0. The van der Waals surface area contributed by atoms with Crippen LogP contribution in [-0.2, 0) is 11.8 Å². The van der Waals surface area contributed by atoms with Crippen molar-refractivity contribution in [3.05, 3.63) is 107 Å². The Kier molecular flexibility index (Phi) is 13.9. The molecule has 0 atom stereocenters. The smallest absolute Gasteiger partial charge is 0.166 e. The first-order chi connectivity index (χ1) is 28.7. The summed E-state index contributed by atoms with van der Waals surface area (Å²) in [4.78, 5) is 22.2. The molecule has 1 aliphatic carbocycles. The van der Waals surface area contributed by atoms with Gasteiger partial charge in [0.25, 0.3) is 0 Å². The highest BCUT2D eigenvalue weighted by atomic mass is 16.5. The number of likely N-dealkylation sites (tertiary alicyclic amines) is 2. The quantitative estimate of drug-likeness (QED) is 0.0455. The molecule has 0 radical (unpaired) electrons. The maximum atomic E-state index is 13.0. The molecule has 0 bridgehead atoms. The summed E-state index contributed by atoms with van der Waals surface area (Å²) < 4.78 is 15.0. The molecule has 2 aliphatic heterocycles. The second-order valence-corrected chi connectivity index (χ2v) is 17.0. The molecule has 3 fully saturated rings. The summed E-state index contributed by atoms with van der Waals surface area (Å²) in [6, 6.07) is 17.2. The van der Waals surface area contributed by atoms with Crippen molar-refractivity contribution in [2.45, 2.75) is 105 Å². The summed E-state index contributed by atoms with van der Waals surface area (Å²) >= 11 is 0. The molecule has 0 amide bonds. The van der Waals surface area contributed by atoms with Gasteiger partial charge in [0, 0.05) is 73.4 Å². The van der Waals surface area contributed by atoms with Crippen LogP contribution in [0.2, 0.25) is 0 Å². The number of rotatable bonds is 17. The number of aromatic nitrogens is 2. The fraction of sp³-hybridized carbons (Fsp3) is 0.471. The predicted molar refractivity (Wildman–Crippen MR) is 241 cm³/mol. The number of aryl methyl sites for hydroxylation is 1. The zero-order valence-electron chi connectivity index (χ0n) is 36.2. The van der Waals surface area contributed by atoms with E-state index in [-0.39, 0.29) is 17.8 Å². The average molecular weight is 794 g/mol. The Balaban J connectivity index is 0.838. The Labute approximate surface area is 351 Å². The molecular weight excluding hydrogens is 731 g/mol. The third-order valence-electron chi connectivity index (χ3n) is 12.7. The summed E-state index contributed by atoms with van der Waals surface area (Å²) in [6.45, 7) is 15.9. The molecule has 59 heavy (non-hydrogen) atoms. The van der Waals surface area contributed by atoms with Gasteiger partial charge in [0.1, 0.15) is 11.8 Å². The third kappa shape index (κ3) is 9.59. The molecule has 310 valence electrons. The number of hydrogen-bond acceptors (Lipinski definition) is 7. The molecular formula is C51H63N5O3. The second kappa shape index (κ2) is 19.4. The van der Waals surface area contributed by atoms with Gasteiger partial charge in [0.05, 0.1) is 35.6 Å². The van der Waals surface area contributed by atoms with E-state index < -0.39 is 0 Å². The van der Waals surface area contributed by atoms with E-state index in [4.69, 9.17) is 9.47 Å². The van der Waals surface area contributed by atoms with Crippen LogP contribution in [0.25, 0.3) is 33.0 Å². The van der Waals surface area contributed by atoms with E-state index in [1.165, 1.54) is 23.0 Å². The predicted octanol–water partition coefficient (Wildman–Crippen LogP) is 11.1. The lowest BCUT2D eigenvalue weighted by Gasteiger charge is -2.44. The number of carbonyl (C=O) groups is 1. The number of fused-ring (bicyclic) bond motifs is 3. The Hall–Kier alpha value is -4.97. The second-order valence-electron chi connectivity index (χ2n) is 17.0. The molecule has 0 unspecified atom stereocenters. The minimum Gasteiger partial charge on any atom is -0.494 e.